The van der Waals surface area contributed by atoms with Crippen molar-refractivity contribution in [1.82, 2.24) is 0 Å². The van der Waals surface area contributed by atoms with Crippen LogP contribution in [0.3, 0.4) is 0 Å². The van der Waals surface area contributed by atoms with Gasteiger partial charge in [-0.1, -0.05) is 18.2 Å². The molecular weight excluding hydrogens is 182 g/mol. The average Bonchev–Trinajstić information content (AvgIpc) is 2.19. The number of carbonyl (C=O) groups is 1. The van der Waals surface area contributed by atoms with E-state index in [-0.39, 0.29) is 6.61 Å². The molecule has 0 aliphatic heterocycles. The average molecular weight is 195 g/mol. The molecule has 0 fully saturated rings. The lowest BCUT2D eigenvalue weighted by Crippen LogP contribution is -2.14. The summed E-state index contributed by atoms with van der Waals surface area (Å²) >= 11 is 0. The van der Waals surface area contributed by atoms with Crippen molar-refractivity contribution in [2.75, 3.05) is 11.9 Å². The fourth-order valence-corrected chi connectivity index (χ4v) is 1.06. The Morgan fingerprint density at radius 2 is 2.21 bits per heavy atom. The molecular formula is C10H13NO3. The molecule has 0 aromatic heterocycles. The number of hydrogen-bond acceptors (Lipinski definition) is 3. The van der Waals surface area contributed by atoms with Crippen molar-refractivity contribution in [1.29, 1.82) is 0 Å². The highest BCUT2D eigenvalue weighted by Crippen LogP contribution is 2.14. The van der Waals surface area contributed by atoms with Crippen LogP contribution in [0.2, 0.25) is 0 Å². The normalized spacial score (nSPS) is 9.57. The van der Waals surface area contributed by atoms with Gasteiger partial charge in [0.2, 0.25) is 0 Å². The summed E-state index contributed by atoms with van der Waals surface area (Å²) < 4.78 is 4.71. The largest absolute Gasteiger partial charge is 0.450 e. The van der Waals surface area contributed by atoms with E-state index in [1.54, 1.807) is 31.2 Å². The van der Waals surface area contributed by atoms with Gasteiger partial charge in [0.15, 0.2) is 0 Å². The lowest BCUT2D eigenvalue weighted by Gasteiger charge is -2.08. The molecule has 1 aromatic carbocycles. The Morgan fingerprint density at radius 3 is 2.86 bits per heavy atom. The fourth-order valence-electron chi connectivity index (χ4n) is 1.06. The zero-order chi connectivity index (χ0) is 10.4. The van der Waals surface area contributed by atoms with Crippen LogP contribution in [-0.4, -0.2) is 17.8 Å². The van der Waals surface area contributed by atoms with Crippen molar-refractivity contribution in [2.24, 2.45) is 0 Å². The molecule has 0 radical (unpaired) electrons. The van der Waals surface area contributed by atoms with Gasteiger partial charge in [0.05, 0.1) is 13.2 Å². The van der Waals surface area contributed by atoms with Crippen LogP contribution >= 0.6 is 0 Å². The number of ether oxygens (including phenoxy) is 1. The smallest absolute Gasteiger partial charge is 0.411 e. The Balaban J connectivity index is 2.70. The molecule has 0 saturated heterocycles. The lowest BCUT2D eigenvalue weighted by molar-refractivity contribution is 0.168. The Labute approximate surface area is 82.5 Å². The minimum absolute atomic E-state index is 0.109. The molecule has 1 rings (SSSR count). The van der Waals surface area contributed by atoms with Gasteiger partial charge in [0.25, 0.3) is 0 Å². The van der Waals surface area contributed by atoms with Gasteiger partial charge in [0, 0.05) is 11.3 Å². The Morgan fingerprint density at radius 1 is 1.50 bits per heavy atom. The summed E-state index contributed by atoms with van der Waals surface area (Å²) in [5, 5.41) is 11.5. The summed E-state index contributed by atoms with van der Waals surface area (Å²) in [7, 11) is 0. The first-order valence-corrected chi connectivity index (χ1v) is 4.40. The molecule has 14 heavy (non-hydrogen) atoms. The van der Waals surface area contributed by atoms with Crippen LogP contribution < -0.4 is 5.32 Å². The van der Waals surface area contributed by atoms with Gasteiger partial charge in [-0.25, -0.2) is 4.79 Å². The Kier molecular flexibility index (Phi) is 3.94. The topological polar surface area (TPSA) is 58.6 Å². The number of carbonyl (C=O) groups excluding carboxylic acids is 1. The monoisotopic (exact) mass is 195 g/mol. The van der Waals surface area contributed by atoms with Crippen LogP contribution in [0.4, 0.5) is 10.5 Å². The van der Waals surface area contributed by atoms with Gasteiger partial charge < -0.3 is 9.84 Å². The molecule has 0 bridgehead atoms. The van der Waals surface area contributed by atoms with E-state index >= 15 is 0 Å². The van der Waals surface area contributed by atoms with Crippen LogP contribution in [-0.2, 0) is 11.3 Å². The van der Waals surface area contributed by atoms with E-state index in [4.69, 9.17) is 9.84 Å². The number of amides is 1. The SMILES string of the molecule is CCOC(=O)Nc1ccccc1CO. The third kappa shape index (κ3) is 2.74. The summed E-state index contributed by atoms with van der Waals surface area (Å²) in [5.41, 5.74) is 1.24. The molecule has 4 nitrogen and oxygen atoms in total. The predicted molar refractivity (Wildman–Crippen MR) is 53.0 cm³/mol. The minimum atomic E-state index is -0.506. The molecule has 0 aliphatic carbocycles. The number of benzene rings is 1. The van der Waals surface area contributed by atoms with Gasteiger partial charge >= 0.3 is 6.09 Å². The second-order valence-electron chi connectivity index (χ2n) is 2.66. The highest BCUT2D eigenvalue weighted by molar-refractivity contribution is 5.85. The van der Waals surface area contributed by atoms with E-state index in [9.17, 15) is 4.79 Å². The lowest BCUT2D eigenvalue weighted by atomic mass is 10.2. The third-order valence-electron chi connectivity index (χ3n) is 1.70. The molecule has 0 saturated carbocycles. The van der Waals surface area contributed by atoms with E-state index in [2.05, 4.69) is 5.32 Å². The van der Waals surface area contributed by atoms with E-state index < -0.39 is 6.09 Å². The summed E-state index contributed by atoms with van der Waals surface area (Å²) in [6.45, 7) is 1.95. The molecule has 0 heterocycles. The molecule has 0 aliphatic rings. The van der Waals surface area contributed by atoms with Crippen molar-refractivity contribution in [3.8, 4) is 0 Å². The predicted octanol–water partition coefficient (Wildman–Crippen LogP) is 1.75. The maximum atomic E-state index is 11.1. The molecule has 4 heteroatoms. The van der Waals surface area contributed by atoms with Crippen LogP contribution in [0.5, 0.6) is 0 Å². The van der Waals surface area contributed by atoms with Crippen molar-refractivity contribution < 1.29 is 14.6 Å². The fraction of sp³-hybridized carbons (Fsp3) is 0.300. The van der Waals surface area contributed by atoms with Crippen molar-refractivity contribution in [3.05, 3.63) is 29.8 Å². The summed E-state index contributed by atoms with van der Waals surface area (Å²) in [6.07, 6.45) is -0.506. The first-order valence-electron chi connectivity index (χ1n) is 4.40. The van der Waals surface area contributed by atoms with E-state index in [0.29, 0.717) is 17.9 Å². The maximum absolute atomic E-state index is 11.1. The minimum Gasteiger partial charge on any atom is -0.450 e. The quantitative estimate of drug-likeness (QED) is 0.772. The van der Waals surface area contributed by atoms with Crippen LogP contribution in [0.25, 0.3) is 0 Å². The molecule has 1 amide bonds. The maximum Gasteiger partial charge on any atom is 0.411 e. The van der Waals surface area contributed by atoms with Crippen LogP contribution in [0.1, 0.15) is 12.5 Å². The number of para-hydroxylation sites is 1. The third-order valence-corrected chi connectivity index (χ3v) is 1.70. The summed E-state index contributed by atoms with van der Waals surface area (Å²) in [5.74, 6) is 0. The molecule has 0 unspecified atom stereocenters. The van der Waals surface area contributed by atoms with Crippen molar-refractivity contribution >= 4 is 11.8 Å². The molecule has 1 aromatic rings. The van der Waals surface area contributed by atoms with Gasteiger partial charge in [-0.15, -0.1) is 0 Å². The van der Waals surface area contributed by atoms with E-state index in [1.165, 1.54) is 0 Å². The molecule has 0 atom stereocenters. The van der Waals surface area contributed by atoms with Crippen LogP contribution in [0, 0.1) is 0 Å². The summed E-state index contributed by atoms with van der Waals surface area (Å²) in [4.78, 5) is 11.1. The number of aliphatic hydroxyl groups excluding tert-OH is 1. The van der Waals surface area contributed by atoms with Gasteiger partial charge in [0.1, 0.15) is 0 Å². The number of nitrogens with one attached hydrogen (secondary N) is 1. The number of aliphatic hydroxyl groups is 1. The number of hydrogen-bond donors (Lipinski definition) is 2. The Bertz CT molecular complexity index is 312. The standard InChI is InChI=1S/C10H13NO3/c1-2-14-10(13)11-9-6-4-3-5-8(9)7-12/h3-6,12H,2,7H2,1H3,(H,11,13). The first-order chi connectivity index (χ1) is 6.77. The second kappa shape index (κ2) is 5.24. The highest BCUT2D eigenvalue weighted by Gasteiger charge is 2.04. The van der Waals surface area contributed by atoms with E-state index in [0.717, 1.165) is 0 Å². The molecule has 0 spiro atoms. The first kappa shape index (κ1) is 10.5. The van der Waals surface area contributed by atoms with Crippen LogP contribution in [0.15, 0.2) is 24.3 Å². The molecule has 76 valence electrons. The zero-order valence-electron chi connectivity index (χ0n) is 7.99. The van der Waals surface area contributed by atoms with Gasteiger partial charge in [-0.05, 0) is 13.0 Å². The second-order valence-corrected chi connectivity index (χ2v) is 2.66. The highest BCUT2D eigenvalue weighted by atomic mass is 16.5. The number of anilines is 1. The van der Waals surface area contributed by atoms with Gasteiger partial charge in [-0.2, -0.15) is 0 Å². The molecule has 2 N–H and O–H groups in total. The zero-order valence-corrected chi connectivity index (χ0v) is 7.99. The van der Waals surface area contributed by atoms with Crippen molar-refractivity contribution in [3.63, 3.8) is 0 Å². The van der Waals surface area contributed by atoms with E-state index in [1.807, 2.05) is 0 Å². The number of rotatable bonds is 3. The summed E-state index contributed by atoms with van der Waals surface area (Å²) in [6, 6.07) is 7.02. The van der Waals surface area contributed by atoms with Crippen molar-refractivity contribution in [2.45, 2.75) is 13.5 Å². The Hall–Kier alpha value is -1.55. The van der Waals surface area contributed by atoms with Gasteiger partial charge in [-0.3, -0.25) is 5.32 Å².